The lowest BCUT2D eigenvalue weighted by Gasteiger charge is -2.33. The largest absolute Gasteiger partial charge is 0.458 e. The Bertz CT molecular complexity index is 1490. The van der Waals surface area contributed by atoms with Crippen molar-refractivity contribution in [3.05, 3.63) is 83.7 Å². The van der Waals surface area contributed by atoms with Crippen molar-refractivity contribution < 1.29 is 22.4 Å². The first-order valence-electron chi connectivity index (χ1n) is 10.5. The van der Waals surface area contributed by atoms with Crippen LogP contribution in [0.5, 0.6) is 0 Å². The minimum absolute atomic E-state index is 0.0374. The number of aromatic amines is 1. The summed E-state index contributed by atoms with van der Waals surface area (Å²) in [5, 5.41) is 8.13. The number of fused-ring (bicyclic) bond motifs is 2. The van der Waals surface area contributed by atoms with Crippen molar-refractivity contribution in [1.82, 2.24) is 30.0 Å². The smallest absolute Gasteiger partial charge is 0.312 e. The van der Waals surface area contributed by atoms with Gasteiger partial charge >= 0.3 is 11.8 Å². The van der Waals surface area contributed by atoms with Crippen LogP contribution in [-0.2, 0) is 6.42 Å². The van der Waals surface area contributed by atoms with Gasteiger partial charge in [0.15, 0.2) is 0 Å². The minimum atomic E-state index is -2.82. The zero-order valence-corrected chi connectivity index (χ0v) is 17.5. The Kier molecular flexibility index (Phi) is 4.68. The van der Waals surface area contributed by atoms with Gasteiger partial charge in [-0.1, -0.05) is 18.2 Å². The van der Waals surface area contributed by atoms with Crippen molar-refractivity contribution in [3.8, 4) is 11.5 Å². The second-order valence-corrected chi connectivity index (χ2v) is 7.75. The molecule has 6 rings (SSSR count). The average molecular weight is 462 g/mol. The highest BCUT2D eigenvalue weighted by atomic mass is 19.3. The minimum Gasteiger partial charge on any atom is -0.458 e. The third kappa shape index (κ3) is 3.16. The van der Waals surface area contributed by atoms with Gasteiger partial charge < -0.3 is 18.7 Å². The number of benzene rings is 1. The standard InChI is InChI=1S/C23H16F2N6O3/c24-20(25)16-13-5-1-2-6-15(13)33-19(16)18-17-14(27-11-28-17)7-9-31(18)23(32)22-30-29-21(34-22)12-4-3-8-26-10-12/h1-6,8,10-11,18,20H,7,9H2,(H,27,28)/t18-/m1/s1. The van der Waals surface area contributed by atoms with Crippen molar-refractivity contribution in [3.63, 3.8) is 0 Å². The Hall–Kier alpha value is -4.41. The van der Waals surface area contributed by atoms with Gasteiger partial charge in [0, 0.05) is 36.4 Å². The van der Waals surface area contributed by atoms with Gasteiger partial charge in [0.2, 0.25) is 5.89 Å². The van der Waals surface area contributed by atoms with Crippen molar-refractivity contribution >= 4 is 16.9 Å². The number of furan rings is 1. The highest BCUT2D eigenvalue weighted by molar-refractivity contribution is 5.91. The van der Waals surface area contributed by atoms with Gasteiger partial charge in [0.1, 0.15) is 17.4 Å². The van der Waals surface area contributed by atoms with Crippen molar-refractivity contribution in [2.45, 2.75) is 18.9 Å². The van der Waals surface area contributed by atoms with Crippen LogP contribution in [0.2, 0.25) is 0 Å². The van der Waals surface area contributed by atoms with E-state index in [9.17, 15) is 13.6 Å². The molecule has 1 N–H and O–H groups in total. The molecule has 0 saturated carbocycles. The summed E-state index contributed by atoms with van der Waals surface area (Å²) in [6.07, 6.45) is 2.24. The van der Waals surface area contributed by atoms with E-state index in [1.165, 1.54) is 17.4 Å². The van der Waals surface area contributed by atoms with Crippen LogP contribution in [0.4, 0.5) is 8.78 Å². The second-order valence-electron chi connectivity index (χ2n) is 7.75. The maximum absolute atomic E-state index is 14.3. The predicted molar refractivity (Wildman–Crippen MR) is 114 cm³/mol. The van der Waals surface area contributed by atoms with Gasteiger partial charge in [0.05, 0.1) is 23.1 Å². The molecule has 0 radical (unpaired) electrons. The number of pyridine rings is 1. The molecular formula is C23H16F2N6O3. The van der Waals surface area contributed by atoms with Crippen LogP contribution in [0, 0.1) is 0 Å². The quantitative estimate of drug-likeness (QED) is 0.423. The van der Waals surface area contributed by atoms with E-state index >= 15 is 0 Å². The Morgan fingerprint density at radius 1 is 1.15 bits per heavy atom. The predicted octanol–water partition coefficient (Wildman–Crippen LogP) is 4.33. The molecule has 34 heavy (non-hydrogen) atoms. The fourth-order valence-electron chi connectivity index (χ4n) is 4.31. The molecule has 1 aromatic carbocycles. The highest BCUT2D eigenvalue weighted by Gasteiger charge is 2.41. The van der Waals surface area contributed by atoms with Crippen molar-refractivity contribution in [2.24, 2.45) is 0 Å². The van der Waals surface area contributed by atoms with Gasteiger partial charge in [0.25, 0.3) is 6.43 Å². The van der Waals surface area contributed by atoms with Crippen LogP contribution in [-0.4, -0.2) is 42.5 Å². The first-order chi connectivity index (χ1) is 16.6. The fourth-order valence-corrected chi connectivity index (χ4v) is 4.31. The molecule has 4 aromatic heterocycles. The maximum Gasteiger partial charge on any atom is 0.312 e. The van der Waals surface area contributed by atoms with Gasteiger partial charge in [-0.2, -0.15) is 0 Å². The zero-order valence-electron chi connectivity index (χ0n) is 17.5. The third-order valence-corrected chi connectivity index (χ3v) is 5.83. The van der Waals surface area contributed by atoms with E-state index in [4.69, 9.17) is 8.83 Å². The maximum atomic E-state index is 14.3. The van der Waals surface area contributed by atoms with Crippen LogP contribution < -0.4 is 0 Å². The number of aromatic nitrogens is 5. The molecule has 0 spiro atoms. The Labute approximate surface area is 190 Å². The summed E-state index contributed by atoms with van der Waals surface area (Å²) in [7, 11) is 0. The van der Waals surface area contributed by atoms with Gasteiger partial charge in [-0.05, 0) is 18.2 Å². The molecule has 1 aliphatic rings. The van der Waals surface area contributed by atoms with E-state index in [2.05, 4.69) is 25.1 Å². The topological polar surface area (TPSA) is 114 Å². The van der Waals surface area contributed by atoms with E-state index in [-0.39, 0.29) is 29.6 Å². The molecule has 9 nitrogen and oxygen atoms in total. The molecule has 1 aliphatic heterocycles. The third-order valence-electron chi connectivity index (χ3n) is 5.83. The molecule has 5 aromatic rings. The number of nitrogens with zero attached hydrogens (tertiary/aromatic N) is 5. The number of carbonyl (C=O) groups is 1. The molecule has 0 fully saturated rings. The summed E-state index contributed by atoms with van der Waals surface area (Å²) in [5.41, 5.74) is 1.77. The molecule has 11 heteroatoms. The molecule has 0 saturated heterocycles. The van der Waals surface area contributed by atoms with Crippen molar-refractivity contribution in [1.29, 1.82) is 0 Å². The van der Waals surface area contributed by atoms with E-state index in [1.54, 1.807) is 42.6 Å². The molecule has 5 heterocycles. The SMILES string of the molecule is O=C(c1nnc(-c2cccnc2)o1)N1CCc2[nH]cnc2[C@@H]1c1oc2ccccc2c1C(F)F. The lowest BCUT2D eigenvalue weighted by molar-refractivity contribution is 0.0623. The highest BCUT2D eigenvalue weighted by Crippen LogP contribution is 2.43. The molecule has 0 unspecified atom stereocenters. The summed E-state index contributed by atoms with van der Waals surface area (Å²) in [6, 6.07) is 8.98. The van der Waals surface area contributed by atoms with E-state index < -0.39 is 18.4 Å². The summed E-state index contributed by atoms with van der Waals surface area (Å²) < 4.78 is 40.0. The molecule has 1 atom stereocenters. The van der Waals surface area contributed by atoms with Crippen LogP contribution in [0.1, 0.15) is 45.9 Å². The lowest BCUT2D eigenvalue weighted by Crippen LogP contribution is -2.41. The average Bonchev–Trinajstić information content (AvgIpc) is 3.61. The number of rotatable bonds is 4. The molecule has 0 aliphatic carbocycles. The van der Waals surface area contributed by atoms with E-state index in [0.717, 1.165) is 5.69 Å². The van der Waals surface area contributed by atoms with E-state index in [1.807, 2.05) is 0 Å². The number of alkyl halides is 2. The second kappa shape index (κ2) is 7.87. The number of hydrogen-bond donors (Lipinski definition) is 1. The summed E-state index contributed by atoms with van der Waals surface area (Å²) in [4.78, 5) is 26.3. The van der Waals surface area contributed by atoms with E-state index in [0.29, 0.717) is 28.6 Å². The molecule has 1 amide bonds. The number of carbonyl (C=O) groups excluding carboxylic acids is 1. The number of hydrogen-bond acceptors (Lipinski definition) is 7. The molecule has 170 valence electrons. The fraction of sp³-hybridized carbons (Fsp3) is 0.174. The lowest BCUT2D eigenvalue weighted by atomic mass is 9.97. The number of amides is 1. The number of para-hydroxylation sites is 1. The van der Waals surface area contributed by atoms with Gasteiger partial charge in [-0.15, -0.1) is 10.2 Å². The Morgan fingerprint density at radius 2 is 2.03 bits per heavy atom. The summed E-state index contributed by atoms with van der Waals surface area (Å²) in [5.74, 6) is -0.786. The first kappa shape index (κ1) is 20.2. The van der Waals surface area contributed by atoms with Crippen molar-refractivity contribution in [2.75, 3.05) is 6.54 Å². The number of imidazole rings is 1. The molecule has 0 bridgehead atoms. The normalized spacial score (nSPS) is 15.7. The first-order valence-corrected chi connectivity index (χ1v) is 10.5. The Balaban J connectivity index is 1.46. The van der Waals surface area contributed by atoms with Crippen LogP contribution >= 0.6 is 0 Å². The monoisotopic (exact) mass is 462 g/mol. The van der Waals surface area contributed by atoms with Crippen LogP contribution in [0.25, 0.3) is 22.4 Å². The number of halogens is 2. The van der Waals surface area contributed by atoms with Gasteiger partial charge in [-0.25, -0.2) is 13.8 Å². The van der Waals surface area contributed by atoms with Crippen LogP contribution in [0.15, 0.2) is 64.0 Å². The van der Waals surface area contributed by atoms with Crippen LogP contribution in [0.3, 0.4) is 0 Å². The van der Waals surface area contributed by atoms with Gasteiger partial charge in [-0.3, -0.25) is 9.78 Å². The molecular weight excluding hydrogens is 446 g/mol. The summed E-state index contributed by atoms with van der Waals surface area (Å²) >= 11 is 0. The summed E-state index contributed by atoms with van der Waals surface area (Å²) in [6.45, 7) is 0.211. The zero-order chi connectivity index (χ0) is 23.2. The Morgan fingerprint density at radius 3 is 2.85 bits per heavy atom. The number of H-pyrrole nitrogens is 1. The number of nitrogens with one attached hydrogen (secondary N) is 1.